The molecule has 0 amide bonds. The van der Waals surface area contributed by atoms with Crippen molar-refractivity contribution in [3.63, 3.8) is 0 Å². The van der Waals surface area contributed by atoms with Crippen LogP contribution in [0.3, 0.4) is 0 Å². The minimum Gasteiger partial charge on any atom is -0.412 e. The van der Waals surface area contributed by atoms with Gasteiger partial charge >= 0.3 is 11.6 Å². The lowest BCUT2D eigenvalue weighted by Gasteiger charge is -0.947. The van der Waals surface area contributed by atoms with Crippen molar-refractivity contribution in [2.45, 2.75) is 22.3 Å². The summed E-state index contributed by atoms with van der Waals surface area (Å²) in [7, 11) is 0. The molecule has 0 saturated heterocycles. The molecule has 0 aliphatic carbocycles. The quantitative estimate of drug-likeness (QED) is 0.614. The van der Waals surface area contributed by atoms with Gasteiger partial charge in [-0.3, -0.25) is 0 Å². The van der Waals surface area contributed by atoms with Gasteiger partial charge in [-0.2, -0.15) is 35.4 Å². The third kappa shape index (κ3) is 1370. The van der Waals surface area contributed by atoms with Crippen molar-refractivity contribution < 1.29 is 19.4 Å². The van der Waals surface area contributed by atoms with Gasteiger partial charge in [0, 0.05) is 22.4 Å². The molecule has 86 valence electrons. The third-order valence-corrected chi connectivity index (χ3v) is 0. The zero-order valence-corrected chi connectivity index (χ0v) is 8.49. The van der Waals surface area contributed by atoms with Crippen LogP contribution in [0.5, 0.6) is 0 Å². The Morgan fingerprint density at radius 1 is 0.750 bits per heavy atom. The van der Waals surface area contributed by atoms with Crippen LogP contribution in [0.15, 0.2) is 0 Å². The Kier molecular flexibility index (Phi) is 4000. The van der Waals surface area contributed by atoms with Gasteiger partial charge in [0.2, 0.25) is 0 Å². The van der Waals surface area contributed by atoms with Crippen LogP contribution >= 0.6 is 27.0 Å². The monoisotopic (exact) mass is 280 g/mol. The number of rotatable bonds is 0. The molecule has 0 saturated carbocycles. The molecule has 9 heteroatoms. The van der Waals surface area contributed by atoms with Crippen molar-refractivity contribution in [2.24, 2.45) is 0 Å². The predicted octanol–water partition coefficient (Wildman–Crippen LogP) is -0.191. The molecule has 0 aromatic rings. The summed E-state index contributed by atoms with van der Waals surface area (Å²) in [6, 6.07) is 0. The van der Waals surface area contributed by atoms with Crippen LogP contribution in [0.4, 0.5) is 0 Å². The van der Waals surface area contributed by atoms with Crippen LogP contribution in [0.2, 0.25) is 0 Å². The molecule has 4 N–H and O–H groups in total. The summed E-state index contributed by atoms with van der Waals surface area (Å²) < 4.78 is 16.6. The molecule has 0 spiro atoms. The van der Waals surface area contributed by atoms with Crippen molar-refractivity contribution in [3.8, 4) is 0 Å². The maximum absolute atomic E-state index is 8.29. The lowest BCUT2D eigenvalue weighted by molar-refractivity contribution is 0.630. The van der Waals surface area contributed by atoms with E-state index in [0.717, 1.165) is 0 Å². The fraction of sp³-hybridized carbons (Fsp3) is 1.00. The zero-order chi connectivity index (χ0) is 4.71. The van der Waals surface area contributed by atoms with Gasteiger partial charge in [-0.1, -0.05) is 22.3 Å². The number of hydrogen-bond acceptors (Lipinski definition) is 4. The predicted molar refractivity (Wildman–Crippen MR) is 71.8 cm³/mol. The minimum absolute atomic E-state index is 0. The van der Waals surface area contributed by atoms with Gasteiger partial charge in [-0.05, 0) is 0 Å². The van der Waals surface area contributed by atoms with Crippen LogP contribution < -0.4 is 0 Å². The Morgan fingerprint density at radius 2 is 0.750 bits per heavy atom. The number of hydrogen-bond donors (Lipinski definition) is 0. The van der Waals surface area contributed by atoms with Crippen LogP contribution in [-0.4, -0.2) is 19.4 Å². The Hall–Kier alpha value is 0.880. The second-order valence-corrected chi connectivity index (χ2v) is 0.204. The average Bonchev–Trinajstić information content (AvgIpc) is 1.46. The highest BCUT2D eigenvalue weighted by Crippen LogP contribution is 0.846. The van der Waals surface area contributed by atoms with Gasteiger partial charge in [0.1, 0.15) is 0 Å². The molecule has 0 bridgehead atoms. The van der Waals surface area contributed by atoms with E-state index in [1.807, 2.05) is 0 Å². The molecule has 4 nitrogen and oxygen atoms in total. The lowest BCUT2D eigenvalue weighted by atomic mass is 12.0. The van der Waals surface area contributed by atoms with E-state index in [9.17, 15) is 0 Å². The van der Waals surface area contributed by atoms with Crippen LogP contribution in [0.25, 0.3) is 0 Å². The van der Waals surface area contributed by atoms with E-state index in [-0.39, 0.29) is 60.2 Å². The minimum atomic E-state index is -0.750. The largest absolute Gasteiger partial charge is 0.412 e. The molecule has 0 fully saturated rings. The van der Waals surface area contributed by atoms with Crippen molar-refractivity contribution in [1.29, 1.82) is 0 Å². The van der Waals surface area contributed by atoms with Crippen LogP contribution in [0, 0.1) is 0 Å². The molecule has 0 atom stereocenters. The van der Waals surface area contributed by atoms with Gasteiger partial charge in [-0.15, -0.1) is 0 Å². The normalized spacial score (nSPS) is 1.33. The highest BCUT2D eigenvalue weighted by molar-refractivity contribution is 8.07. The Bertz CT molecular complexity index is 48.0. The molecule has 0 aromatic carbocycles. The molecular weight excluding hydrogens is 260 g/mol. The summed E-state index contributed by atoms with van der Waals surface area (Å²) in [5, 5.41) is 0. The Labute approximate surface area is 102 Å². The Balaban J connectivity index is -0.00000000138. The third-order valence-electron chi connectivity index (χ3n) is 0. The molecule has 0 radical (unpaired) electrons. The summed E-state index contributed by atoms with van der Waals surface area (Å²) in [5.74, 6) is 0. The summed E-state index contributed by atoms with van der Waals surface area (Å²) in [5.41, 5.74) is 0. The van der Waals surface area contributed by atoms with Gasteiger partial charge in [0.05, 0.1) is 0 Å². The summed E-state index contributed by atoms with van der Waals surface area (Å²) >= 11 is 6.58. The topological polar surface area (TPSA) is 97.1 Å². The fourth-order valence-corrected chi connectivity index (χ4v) is 0. The van der Waals surface area contributed by atoms with Crippen molar-refractivity contribution in [2.75, 3.05) is 0 Å². The first-order valence-corrected chi connectivity index (χ1v) is 2.50. The molecule has 0 aliphatic rings. The standard InChI is InChI=1S/3CH4.O2S.2H2O.S2.2H2S/c;;;1-3-2;;;1-2;;/h3*1H4;;2*1H2;;2*1H2. The van der Waals surface area contributed by atoms with Gasteiger partial charge in [-0.25, -0.2) is 0 Å². The molecule has 0 aromatic heterocycles. The SMILES string of the molecule is C.C.C.O.O.O=S=O.S.S.S=S. The summed E-state index contributed by atoms with van der Waals surface area (Å²) in [6.07, 6.45) is 0. The van der Waals surface area contributed by atoms with Crippen molar-refractivity contribution >= 4 is 60.9 Å². The fourth-order valence-electron chi connectivity index (χ4n) is 0. The summed E-state index contributed by atoms with van der Waals surface area (Å²) in [6.45, 7) is 0. The molecule has 0 heterocycles. The van der Waals surface area contributed by atoms with E-state index >= 15 is 0 Å². The molecule has 0 unspecified atom stereocenters. The zero-order valence-electron chi connectivity index (χ0n) is 4.04. The molecular formula is C3H20O4S5. The van der Waals surface area contributed by atoms with Crippen molar-refractivity contribution in [1.82, 2.24) is 0 Å². The first-order chi connectivity index (χ1) is 2.41. The maximum atomic E-state index is 8.29. The maximum Gasteiger partial charge on any atom is 0.335 e. The molecule has 12 heavy (non-hydrogen) atoms. The highest BCUT2D eigenvalue weighted by atomic mass is 32.8. The van der Waals surface area contributed by atoms with Crippen molar-refractivity contribution in [3.05, 3.63) is 0 Å². The van der Waals surface area contributed by atoms with Gasteiger partial charge in [0.25, 0.3) is 0 Å². The Morgan fingerprint density at radius 3 is 0.750 bits per heavy atom. The smallest absolute Gasteiger partial charge is 0.335 e. The molecule has 0 rings (SSSR count). The first-order valence-electron chi connectivity index (χ1n) is 0.500. The van der Waals surface area contributed by atoms with E-state index < -0.39 is 11.6 Å². The second kappa shape index (κ2) is 398. The van der Waals surface area contributed by atoms with E-state index in [1.165, 1.54) is 0 Å². The van der Waals surface area contributed by atoms with E-state index in [2.05, 4.69) is 22.4 Å². The van der Waals surface area contributed by atoms with Crippen LogP contribution in [0.1, 0.15) is 22.3 Å². The lowest BCUT2D eigenvalue weighted by Crippen LogP contribution is -1.18. The van der Waals surface area contributed by atoms with E-state index in [1.54, 1.807) is 0 Å². The van der Waals surface area contributed by atoms with Gasteiger partial charge in [0.15, 0.2) is 0 Å². The van der Waals surface area contributed by atoms with E-state index in [4.69, 9.17) is 8.42 Å². The van der Waals surface area contributed by atoms with Crippen LogP contribution in [-0.2, 0) is 33.9 Å². The van der Waals surface area contributed by atoms with Gasteiger partial charge < -0.3 is 11.0 Å². The van der Waals surface area contributed by atoms with E-state index in [0.29, 0.717) is 0 Å². The molecule has 0 aliphatic heterocycles. The first kappa shape index (κ1) is 121. The second-order valence-electron chi connectivity index (χ2n) is 0.0680. The summed E-state index contributed by atoms with van der Waals surface area (Å²) in [4.78, 5) is 0. The average molecular weight is 281 g/mol. The highest BCUT2D eigenvalue weighted by Gasteiger charge is 1.12.